The lowest BCUT2D eigenvalue weighted by Crippen LogP contribution is -2.48. The maximum Gasteiger partial charge on any atom is 0.276 e. The van der Waals surface area contributed by atoms with Crippen LogP contribution >= 0.6 is 0 Å². The molecule has 1 aromatic carbocycles. The molecule has 1 fully saturated rings. The van der Waals surface area contributed by atoms with Crippen molar-refractivity contribution >= 4 is 21.6 Å². The van der Waals surface area contributed by atoms with Crippen LogP contribution in [-0.4, -0.2) is 66.0 Å². The molecule has 0 aliphatic carbocycles. The average molecular weight is 405 g/mol. The van der Waals surface area contributed by atoms with Gasteiger partial charge in [0, 0.05) is 45.0 Å². The number of likely N-dealkylation sites (N-methyl/N-ethyl adjacent to an activating group) is 1. The fraction of sp³-hybridized carbons (Fsp3) is 0.389. The van der Waals surface area contributed by atoms with Crippen molar-refractivity contribution in [1.29, 1.82) is 0 Å². The van der Waals surface area contributed by atoms with Gasteiger partial charge in [0.2, 0.25) is 10.0 Å². The fourth-order valence-electron chi connectivity index (χ4n) is 2.96. The number of aryl methyl sites for hydroxylation is 1. The van der Waals surface area contributed by atoms with Gasteiger partial charge in [0.1, 0.15) is 5.69 Å². The highest BCUT2D eigenvalue weighted by atomic mass is 32.2. The molecule has 9 nitrogen and oxygen atoms in total. The first-order chi connectivity index (χ1) is 13.3. The van der Waals surface area contributed by atoms with Gasteiger partial charge in [0.05, 0.1) is 4.90 Å². The Hall–Kier alpha value is -2.56. The second-order valence-electron chi connectivity index (χ2n) is 6.50. The Morgan fingerprint density at radius 2 is 1.71 bits per heavy atom. The summed E-state index contributed by atoms with van der Waals surface area (Å²) in [5.41, 5.74) is 0.217. The highest BCUT2D eigenvalue weighted by Crippen LogP contribution is 2.20. The molecule has 1 saturated heterocycles. The minimum absolute atomic E-state index is 0.0904. The van der Waals surface area contributed by atoms with E-state index >= 15 is 0 Å². The summed E-state index contributed by atoms with van der Waals surface area (Å²) in [4.78, 5) is 26.0. The van der Waals surface area contributed by atoms with Crippen LogP contribution in [0, 0.1) is 0 Å². The number of benzene rings is 1. The minimum Gasteiger partial charge on any atom is -0.321 e. The highest BCUT2D eigenvalue weighted by Gasteiger charge is 2.27. The lowest BCUT2D eigenvalue weighted by atomic mass is 10.3. The van der Waals surface area contributed by atoms with E-state index in [1.165, 1.54) is 47.8 Å². The molecule has 10 heteroatoms. The Labute approximate surface area is 163 Å². The molecule has 0 spiro atoms. The van der Waals surface area contributed by atoms with Gasteiger partial charge in [-0.25, -0.2) is 13.1 Å². The fourth-order valence-corrected chi connectivity index (χ4v) is 4.39. The van der Waals surface area contributed by atoms with Crippen molar-refractivity contribution in [2.24, 2.45) is 7.05 Å². The second-order valence-corrected chi connectivity index (χ2v) is 8.44. The molecule has 0 bridgehead atoms. The van der Waals surface area contributed by atoms with Gasteiger partial charge < -0.3 is 10.2 Å². The summed E-state index contributed by atoms with van der Waals surface area (Å²) in [6, 6.07) is 8.63. The third-order valence-corrected chi connectivity index (χ3v) is 6.63. The first kappa shape index (κ1) is 20.2. The summed E-state index contributed by atoms with van der Waals surface area (Å²) in [6.07, 6.45) is 0. The van der Waals surface area contributed by atoms with E-state index in [1.807, 2.05) is 0 Å². The molecular weight excluding hydrogens is 382 g/mol. The molecule has 2 aromatic rings. The summed E-state index contributed by atoms with van der Waals surface area (Å²) in [6.45, 7) is 5.33. The van der Waals surface area contributed by atoms with Crippen molar-refractivity contribution in [3.63, 3.8) is 0 Å². The van der Waals surface area contributed by atoms with Crippen molar-refractivity contribution in [3.05, 3.63) is 52.4 Å². The molecule has 1 N–H and O–H groups in total. The Kier molecular flexibility index (Phi) is 5.92. The maximum atomic E-state index is 12.8. The predicted octanol–water partition coefficient (Wildman–Crippen LogP) is 0.359. The summed E-state index contributed by atoms with van der Waals surface area (Å²) < 4.78 is 28.1. The van der Waals surface area contributed by atoms with Crippen LogP contribution in [0.3, 0.4) is 0 Å². The molecule has 0 atom stereocenters. The van der Waals surface area contributed by atoms with Gasteiger partial charge in [-0.3, -0.25) is 9.59 Å². The van der Waals surface area contributed by atoms with Crippen LogP contribution in [0.2, 0.25) is 0 Å². The van der Waals surface area contributed by atoms with Crippen LogP contribution in [-0.2, 0) is 17.1 Å². The number of hydrogen-bond acceptors (Lipinski definition) is 6. The van der Waals surface area contributed by atoms with E-state index in [2.05, 4.69) is 22.2 Å². The normalized spacial score (nSPS) is 16.1. The summed E-state index contributed by atoms with van der Waals surface area (Å²) in [5.74, 6) is -0.484. The zero-order valence-corrected chi connectivity index (χ0v) is 16.6. The molecule has 3 rings (SSSR count). The van der Waals surface area contributed by atoms with E-state index in [0.717, 1.165) is 24.3 Å². The third-order valence-electron chi connectivity index (χ3n) is 4.72. The molecule has 2 heterocycles. The van der Waals surface area contributed by atoms with Crippen LogP contribution in [0.15, 0.2) is 46.1 Å². The molecule has 0 unspecified atom stereocenters. The Morgan fingerprint density at radius 3 is 2.29 bits per heavy atom. The standard InChI is InChI=1S/C18H23N5O4S/c1-3-22-10-12-23(13-11-22)28(26,27)15-6-4-14(5-7-15)19-18(25)16-8-9-17(24)21(2)20-16/h4-9H,3,10-13H2,1-2H3,(H,19,25). The quantitative estimate of drug-likeness (QED) is 0.770. The van der Waals surface area contributed by atoms with Gasteiger partial charge in [-0.05, 0) is 36.9 Å². The van der Waals surface area contributed by atoms with Crippen molar-refractivity contribution in [2.45, 2.75) is 11.8 Å². The molecule has 28 heavy (non-hydrogen) atoms. The third kappa shape index (κ3) is 4.29. The van der Waals surface area contributed by atoms with E-state index in [0.29, 0.717) is 18.8 Å². The monoisotopic (exact) mass is 405 g/mol. The lowest BCUT2D eigenvalue weighted by molar-refractivity contribution is 0.102. The number of hydrogen-bond donors (Lipinski definition) is 1. The Bertz CT molecular complexity index is 1010. The topological polar surface area (TPSA) is 105 Å². The van der Waals surface area contributed by atoms with E-state index in [1.54, 1.807) is 0 Å². The number of amides is 1. The van der Waals surface area contributed by atoms with Crippen LogP contribution < -0.4 is 10.9 Å². The molecular formula is C18H23N5O4S. The largest absolute Gasteiger partial charge is 0.321 e. The van der Waals surface area contributed by atoms with Crippen molar-refractivity contribution in [1.82, 2.24) is 19.0 Å². The number of aromatic nitrogens is 2. The summed E-state index contributed by atoms with van der Waals surface area (Å²) >= 11 is 0. The van der Waals surface area contributed by atoms with E-state index in [9.17, 15) is 18.0 Å². The molecule has 1 amide bonds. The number of nitrogens with one attached hydrogen (secondary N) is 1. The number of carbonyl (C=O) groups is 1. The lowest BCUT2D eigenvalue weighted by Gasteiger charge is -2.33. The number of nitrogens with zero attached hydrogens (tertiary/aromatic N) is 4. The van der Waals surface area contributed by atoms with E-state index in [-0.39, 0.29) is 16.1 Å². The summed E-state index contributed by atoms with van der Waals surface area (Å²) in [7, 11) is -2.10. The van der Waals surface area contributed by atoms with Gasteiger partial charge >= 0.3 is 0 Å². The molecule has 0 saturated carbocycles. The number of piperazine rings is 1. The SMILES string of the molecule is CCN1CCN(S(=O)(=O)c2ccc(NC(=O)c3ccc(=O)n(C)n3)cc2)CC1. The highest BCUT2D eigenvalue weighted by molar-refractivity contribution is 7.89. The minimum atomic E-state index is -3.56. The first-order valence-electron chi connectivity index (χ1n) is 8.99. The summed E-state index contributed by atoms with van der Waals surface area (Å²) in [5, 5.41) is 6.53. The van der Waals surface area contributed by atoms with Crippen molar-refractivity contribution < 1.29 is 13.2 Å². The van der Waals surface area contributed by atoms with Gasteiger partial charge in [0.15, 0.2) is 0 Å². The van der Waals surface area contributed by atoms with Crippen molar-refractivity contribution in [2.75, 3.05) is 38.0 Å². The zero-order chi connectivity index (χ0) is 20.3. The van der Waals surface area contributed by atoms with Gasteiger partial charge in [-0.1, -0.05) is 6.92 Å². The number of rotatable bonds is 5. The van der Waals surface area contributed by atoms with Crippen LogP contribution in [0.4, 0.5) is 5.69 Å². The zero-order valence-electron chi connectivity index (χ0n) is 15.8. The van der Waals surface area contributed by atoms with Gasteiger partial charge in [-0.2, -0.15) is 9.40 Å². The molecule has 1 aliphatic heterocycles. The molecule has 150 valence electrons. The predicted molar refractivity (Wildman–Crippen MR) is 105 cm³/mol. The molecule has 0 radical (unpaired) electrons. The average Bonchev–Trinajstić information content (AvgIpc) is 2.70. The van der Waals surface area contributed by atoms with Gasteiger partial charge in [-0.15, -0.1) is 0 Å². The van der Waals surface area contributed by atoms with E-state index in [4.69, 9.17) is 0 Å². The maximum absolute atomic E-state index is 12.8. The van der Waals surface area contributed by atoms with E-state index < -0.39 is 15.9 Å². The Balaban J connectivity index is 1.70. The van der Waals surface area contributed by atoms with Crippen LogP contribution in [0.5, 0.6) is 0 Å². The van der Waals surface area contributed by atoms with Gasteiger partial charge in [0.25, 0.3) is 11.5 Å². The number of carbonyl (C=O) groups excluding carboxylic acids is 1. The first-order valence-corrected chi connectivity index (χ1v) is 10.4. The van der Waals surface area contributed by atoms with Crippen molar-refractivity contribution in [3.8, 4) is 0 Å². The second kappa shape index (κ2) is 8.21. The van der Waals surface area contributed by atoms with Crippen LogP contribution in [0.25, 0.3) is 0 Å². The molecule has 1 aromatic heterocycles. The van der Waals surface area contributed by atoms with Crippen LogP contribution in [0.1, 0.15) is 17.4 Å². The Morgan fingerprint density at radius 1 is 1.07 bits per heavy atom. The number of anilines is 1. The smallest absolute Gasteiger partial charge is 0.276 e. The number of sulfonamides is 1. The molecule has 1 aliphatic rings.